The van der Waals surface area contributed by atoms with Crippen LogP contribution >= 0.6 is 0 Å². The van der Waals surface area contributed by atoms with Crippen molar-refractivity contribution in [3.8, 4) is 0 Å². The Balaban J connectivity index is 2.40. The summed E-state index contributed by atoms with van der Waals surface area (Å²) in [7, 11) is 0. The predicted molar refractivity (Wildman–Crippen MR) is 71.9 cm³/mol. The van der Waals surface area contributed by atoms with Crippen molar-refractivity contribution >= 4 is 11.4 Å². The molecule has 1 aromatic carbocycles. The average Bonchev–Trinajstić information content (AvgIpc) is 2.26. The van der Waals surface area contributed by atoms with Gasteiger partial charge in [0.2, 0.25) is 0 Å². The maximum absolute atomic E-state index is 5.45. The van der Waals surface area contributed by atoms with E-state index in [2.05, 4.69) is 48.7 Å². The molecule has 0 saturated heterocycles. The van der Waals surface area contributed by atoms with Gasteiger partial charge in [-0.25, -0.2) is 0 Å². The summed E-state index contributed by atoms with van der Waals surface area (Å²) in [5, 5.41) is 6.69. The van der Waals surface area contributed by atoms with Crippen LogP contribution in [0.15, 0.2) is 24.3 Å². The third kappa shape index (κ3) is 5.03. The lowest BCUT2D eigenvalue weighted by Gasteiger charge is -2.10. The van der Waals surface area contributed by atoms with E-state index >= 15 is 0 Å². The number of benzene rings is 1. The topological polar surface area (TPSA) is 50.1 Å². The van der Waals surface area contributed by atoms with Gasteiger partial charge >= 0.3 is 0 Å². The maximum atomic E-state index is 5.45. The highest BCUT2D eigenvalue weighted by molar-refractivity contribution is 5.56. The summed E-state index contributed by atoms with van der Waals surface area (Å²) in [6, 6.07) is 8.32. The van der Waals surface area contributed by atoms with E-state index in [4.69, 9.17) is 5.73 Å². The number of hydrogen-bond donors (Lipinski definition) is 3. The lowest BCUT2D eigenvalue weighted by molar-refractivity contribution is 0.607. The first-order valence-electron chi connectivity index (χ1n) is 6.00. The molecule has 1 aromatic rings. The van der Waals surface area contributed by atoms with Gasteiger partial charge in [-0.2, -0.15) is 0 Å². The largest absolute Gasteiger partial charge is 0.385 e. The van der Waals surface area contributed by atoms with Crippen molar-refractivity contribution in [3.63, 3.8) is 0 Å². The van der Waals surface area contributed by atoms with E-state index in [9.17, 15) is 0 Å². The lowest BCUT2D eigenvalue weighted by atomic mass is 10.1. The zero-order valence-electron chi connectivity index (χ0n) is 10.3. The fraction of sp³-hybridized carbons (Fsp3) is 0.538. The van der Waals surface area contributed by atoms with Gasteiger partial charge in [0.1, 0.15) is 0 Å². The van der Waals surface area contributed by atoms with Gasteiger partial charge in [-0.05, 0) is 30.5 Å². The monoisotopic (exact) mass is 221 g/mol. The average molecular weight is 221 g/mol. The fourth-order valence-electron chi connectivity index (χ4n) is 1.46. The van der Waals surface area contributed by atoms with Crippen LogP contribution in [0.5, 0.6) is 0 Å². The second kappa shape index (κ2) is 7.12. The summed E-state index contributed by atoms with van der Waals surface area (Å²) < 4.78 is 0. The van der Waals surface area contributed by atoms with E-state index in [0.717, 1.165) is 24.7 Å². The normalized spacial score (nSPS) is 10.5. The smallest absolute Gasteiger partial charge is 0.0361 e. The summed E-state index contributed by atoms with van der Waals surface area (Å²) in [6.07, 6.45) is 1.19. The molecule has 0 fully saturated rings. The van der Waals surface area contributed by atoms with Gasteiger partial charge in [-0.3, -0.25) is 0 Å². The Kier molecular flexibility index (Phi) is 5.72. The van der Waals surface area contributed by atoms with Crippen LogP contribution in [0.3, 0.4) is 0 Å². The second-order valence-corrected chi connectivity index (χ2v) is 4.41. The summed E-state index contributed by atoms with van der Waals surface area (Å²) >= 11 is 0. The van der Waals surface area contributed by atoms with E-state index < -0.39 is 0 Å². The number of hydrogen-bond acceptors (Lipinski definition) is 3. The molecule has 0 aromatic heterocycles. The van der Waals surface area contributed by atoms with Gasteiger partial charge in [-0.15, -0.1) is 0 Å². The van der Waals surface area contributed by atoms with E-state index in [0.29, 0.717) is 6.54 Å². The van der Waals surface area contributed by atoms with Crippen molar-refractivity contribution in [2.75, 3.05) is 30.3 Å². The van der Waals surface area contributed by atoms with Crippen LogP contribution in [-0.2, 0) is 0 Å². The minimum Gasteiger partial charge on any atom is -0.385 e. The molecule has 16 heavy (non-hydrogen) atoms. The molecule has 0 aliphatic carbocycles. The van der Waals surface area contributed by atoms with Crippen molar-refractivity contribution in [1.29, 1.82) is 0 Å². The third-order valence-corrected chi connectivity index (χ3v) is 2.39. The van der Waals surface area contributed by atoms with E-state index in [1.165, 1.54) is 12.1 Å². The van der Waals surface area contributed by atoms with Crippen LogP contribution < -0.4 is 16.4 Å². The molecule has 0 unspecified atom stereocenters. The summed E-state index contributed by atoms with van der Waals surface area (Å²) in [5.41, 5.74) is 7.74. The molecule has 0 aliphatic rings. The quantitative estimate of drug-likeness (QED) is 0.663. The minimum absolute atomic E-state index is 0.658. The molecule has 0 atom stereocenters. The predicted octanol–water partition coefficient (Wildman–Crippen LogP) is 2.52. The highest BCUT2D eigenvalue weighted by Crippen LogP contribution is 2.15. The maximum Gasteiger partial charge on any atom is 0.0361 e. The van der Waals surface area contributed by atoms with E-state index in [-0.39, 0.29) is 0 Å². The van der Waals surface area contributed by atoms with Crippen LogP contribution in [0.2, 0.25) is 0 Å². The van der Waals surface area contributed by atoms with Gasteiger partial charge in [0.25, 0.3) is 0 Å². The summed E-state index contributed by atoms with van der Waals surface area (Å²) in [5.74, 6) is 0.742. The molecule has 3 nitrogen and oxygen atoms in total. The molecule has 0 aliphatic heterocycles. The van der Waals surface area contributed by atoms with Crippen LogP contribution in [0, 0.1) is 5.92 Å². The molecule has 0 amide bonds. The zero-order chi connectivity index (χ0) is 11.8. The van der Waals surface area contributed by atoms with Gasteiger partial charge in [0.15, 0.2) is 0 Å². The summed E-state index contributed by atoms with van der Waals surface area (Å²) in [4.78, 5) is 0. The molecule has 3 heteroatoms. The molecular weight excluding hydrogens is 198 g/mol. The highest BCUT2D eigenvalue weighted by Gasteiger charge is 1.96. The molecule has 4 N–H and O–H groups in total. The molecule has 0 saturated carbocycles. The Labute approximate surface area is 98.4 Å². The number of nitrogens with two attached hydrogens (primary N) is 1. The SMILES string of the molecule is CC(C)CCNc1cccc(NCCN)c1. The molecule has 0 heterocycles. The molecule has 0 bridgehead atoms. The molecular formula is C13H23N3. The van der Waals surface area contributed by atoms with Gasteiger partial charge in [-0.1, -0.05) is 19.9 Å². The van der Waals surface area contributed by atoms with Gasteiger partial charge in [0.05, 0.1) is 0 Å². The Morgan fingerprint density at radius 2 is 1.75 bits per heavy atom. The number of rotatable bonds is 7. The standard InChI is InChI=1S/C13H23N3/c1-11(2)6-8-15-12-4-3-5-13(10-12)16-9-7-14/h3-5,10-11,15-16H,6-9,14H2,1-2H3. The first kappa shape index (κ1) is 12.8. The van der Waals surface area contributed by atoms with Crippen LogP contribution in [0.25, 0.3) is 0 Å². The molecule has 0 spiro atoms. The first-order valence-corrected chi connectivity index (χ1v) is 6.00. The highest BCUT2D eigenvalue weighted by atomic mass is 14.9. The molecule has 90 valence electrons. The molecule has 0 radical (unpaired) electrons. The van der Waals surface area contributed by atoms with Crippen molar-refractivity contribution < 1.29 is 0 Å². The van der Waals surface area contributed by atoms with Crippen LogP contribution in [-0.4, -0.2) is 19.6 Å². The Bertz CT molecular complexity index is 297. The van der Waals surface area contributed by atoms with Crippen LogP contribution in [0.4, 0.5) is 11.4 Å². The zero-order valence-corrected chi connectivity index (χ0v) is 10.3. The minimum atomic E-state index is 0.658. The Hall–Kier alpha value is -1.22. The van der Waals surface area contributed by atoms with Crippen molar-refractivity contribution in [2.45, 2.75) is 20.3 Å². The van der Waals surface area contributed by atoms with Crippen molar-refractivity contribution in [3.05, 3.63) is 24.3 Å². The number of anilines is 2. The lowest BCUT2D eigenvalue weighted by Crippen LogP contribution is -2.13. The van der Waals surface area contributed by atoms with Gasteiger partial charge in [0, 0.05) is 31.0 Å². The number of nitrogens with one attached hydrogen (secondary N) is 2. The van der Waals surface area contributed by atoms with Crippen molar-refractivity contribution in [1.82, 2.24) is 0 Å². The molecule has 1 rings (SSSR count). The Morgan fingerprint density at radius 1 is 1.12 bits per heavy atom. The second-order valence-electron chi connectivity index (χ2n) is 4.41. The first-order chi connectivity index (χ1) is 7.72. The van der Waals surface area contributed by atoms with Crippen LogP contribution in [0.1, 0.15) is 20.3 Å². The third-order valence-electron chi connectivity index (χ3n) is 2.39. The van der Waals surface area contributed by atoms with E-state index in [1.54, 1.807) is 0 Å². The van der Waals surface area contributed by atoms with E-state index in [1.807, 2.05) is 0 Å². The van der Waals surface area contributed by atoms with Gasteiger partial charge < -0.3 is 16.4 Å². The Morgan fingerprint density at radius 3 is 2.31 bits per heavy atom. The fourth-order valence-corrected chi connectivity index (χ4v) is 1.46. The summed E-state index contributed by atoms with van der Waals surface area (Å²) in [6.45, 7) is 6.97. The van der Waals surface area contributed by atoms with Crippen molar-refractivity contribution in [2.24, 2.45) is 11.7 Å².